The lowest BCUT2D eigenvalue weighted by atomic mass is 9.80. The van der Waals surface area contributed by atoms with Gasteiger partial charge in [0, 0.05) is 12.1 Å². The zero-order valence-corrected chi connectivity index (χ0v) is 11.0. The van der Waals surface area contributed by atoms with Crippen molar-refractivity contribution in [2.75, 3.05) is 0 Å². The van der Waals surface area contributed by atoms with Gasteiger partial charge >= 0.3 is 0 Å². The molecule has 0 unspecified atom stereocenters. The molecule has 1 aliphatic rings. The van der Waals surface area contributed by atoms with Gasteiger partial charge in [0.1, 0.15) is 10.7 Å². The Labute approximate surface area is 114 Å². The highest BCUT2D eigenvalue weighted by molar-refractivity contribution is 6.38. The second kappa shape index (κ2) is 4.48. The highest BCUT2D eigenvalue weighted by Gasteiger charge is 2.28. The van der Waals surface area contributed by atoms with E-state index < -0.39 is 0 Å². The van der Waals surface area contributed by atoms with E-state index in [4.69, 9.17) is 23.2 Å². The lowest BCUT2D eigenvalue weighted by Gasteiger charge is -2.24. The van der Waals surface area contributed by atoms with Gasteiger partial charge in [-0.15, -0.1) is 0 Å². The van der Waals surface area contributed by atoms with Gasteiger partial charge in [-0.05, 0) is 25.0 Å². The predicted octanol–water partition coefficient (Wildman–Crippen LogP) is 3.92. The van der Waals surface area contributed by atoms with Crippen LogP contribution in [0.2, 0.25) is 10.2 Å². The highest BCUT2D eigenvalue weighted by Crippen LogP contribution is 2.33. The Kier molecular flexibility index (Phi) is 2.96. The number of nitrogens with zero attached hydrogens (tertiary/aromatic N) is 2. The number of fused-ring (bicyclic) bond motifs is 1. The molecule has 0 bridgehead atoms. The summed E-state index contributed by atoms with van der Waals surface area (Å²) in [6, 6.07) is 3.40. The molecule has 2 aromatic rings. The van der Waals surface area contributed by atoms with E-state index in [1.807, 2.05) is 0 Å². The Morgan fingerprint density at radius 1 is 1.28 bits per heavy atom. The summed E-state index contributed by atoms with van der Waals surface area (Å²) < 4.78 is 0. The third kappa shape index (κ3) is 1.88. The average molecular weight is 281 g/mol. The lowest BCUT2D eigenvalue weighted by molar-refractivity contribution is 0.0855. The first-order valence-electron chi connectivity index (χ1n) is 5.82. The molecule has 0 aromatic carbocycles. The van der Waals surface area contributed by atoms with Gasteiger partial charge in [-0.1, -0.05) is 29.6 Å². The summed E-state index contributed by atoms with van der Waals surface area (Å²) in [5, 5.41) is 0.707. The van der Waals surface area contributed by atoms with Crippen LogP contribution in [-0.4, -0.2) is 15.8 Å². The van der Waals surface area contributed by atoms with Crippen LogP contribution >= 0.6 is 23.2 Å². The van der Waals surface area contributed by atoms with Crippen molar-refractivity contribution in [2.45, 2.75) is 19.3 Å². The molecule has 1 saturated carbocycles. The first-order chi connectivity index (χ1) is 8.66. The molecule has 5 heteroatoms. The Balaban J connectivity index is 2.12. The van der Waals surface area contributed by atoms with Crippen molar-refractivity contribution in [3.05, 3.63) is 34.1 Å². The number of carbonyl (C=O) groups is 1. The summed E-state index contributed by atoms with van der Waals surface area (Å²) in [4.78, 5) is 20.5. The molecule has 92 valence electrons. The topological polar surface area (TPSA) is 42.9 Å². The van der Waals surface area contributed by atoms with E-state index in [1.165, 1.54) is 0 Å². The van der Waals surface area contributed by atoms with Crippen LogP contribution < -0.4 is 0 Å². The maximum absolute atomic E-state index is 12.2. The Hall–Kier alpha value is -1.19. The summed E-state index contributed by atoms with van der Waals surface area (Å²) >= 11 is 12.1. The van der Waals surface area contributed by atoms with Crippen LogP contribution in [0.1, 0.15) is 29.6 Å². The molecule has 1 fully saturated rings. The van der Waals surface area contributed by atoms with Crippen LogP contribution in [0.4, 0.5) is 0 Å². The average Bonchev–Trinajstić information content (AvgIpc) is 2.28. The van der Waals surface area contributed by atoms with Crippen molar-refractivity contribution in [3.8, 4) is 0 Å². The quantitative estimate of drug-likeness (QED) is 0.619. The van der Waals surface area contributed by atoms with E-state index in [0.717, 1.165) is 19.3 Å². The third-order valence-electron chi connectivity index (χ3n) is 3.36. The van der Waals surface area contributed by atoms with Gasteiger partial charge in [-0.2, -0.15) is 0 Å². The maximum Gasteiger partial charge on any atom is 0.169 e. The van der Waals surface area contributed by atoms with Crippen LogP contribution in [0, 0.1) is 5.92 Å². The van der Waals surface area contributed by atoms with Crippen LogP contribution in [0.5, 0.6) is 0 Å². The number of rotatable bonds is 2. The second-order valence-electron chi connectivity index (χ2n) is 4.48. The minimum absolute atomic E-state index is 0.0717. The number of halogens is 2. The molecule has 18 heavy (non-hydrogen) atoms. The van der Waals surface area contributed by atoms with Crippen molar-refractivity contribution in [3.63, 3.8) is 0 Å². The largest absolute Gasteiger partial charge is 0.294 e. The minimum atomic E-state index is 0.0717. The van der Waals surface area contributed by atoms with E-state index in [9.17, 15) is 4.79 Å². The first-order valence-corrected chi connectivity index (χ1v) is 6.57. The minimum Gasteiger partial charge on any atom is -0.294 e. The molecule has 2 heterocycles. The summed E-state index contributed by atoms with van der Waals surface area (Å²) in [6.07, 6.45) is 4.53. The molecule has 0 N–H and O–H groups in total. The zero-order chi connectivity index (χ0) is 12.7. The number of pyridine rings is 2. The van der Waals surface area contributed by atoms with E-state index in [0.29, 0.717) is 26.8 Å². The number of ketones is 1. The smallest absolute Gasteiger partial charge is 0.169 e. The van der Waals surface area contributed by atoms with Crippen molar-refractivity contribution >= 4 is 40.0 Å². The SMILES string of the molecule is O=C(c1cnc2ccc(Cl)nc2c1Cl)C1CCC1. The number of carbonyl (C=O) groups excluding carboxylic acids is 1. The second-order valence-corrected chi connectivity index (χ2v) is 5.24. The molecule has 0 atom stereocenters. The van der Waals surface area contributed by atoms with Crippen LogP contribution in [0.25, 0.3) is 11.0 Å². The molecular weight excluding hydrogens is 271 g/mol. The molecule has 3 nitrogen and oxygen atoms in total. The van der Waals surface area contributed by atoms with Gasteiger partial charge in [0.2, 0.25) is 0 Å². The van der Waals surface area contributed by atoms with E-state index in [2.05, 4.69) is 9.97 Å². The van der Waals surface area contributed by atoms with E-state index in [-0.39, 0.29) is 11.7 Å². The van der Waals surface area contributed by atoms with Crippen molar-refractivity contribution in [1.29, 1.82) is 0 Å². The molecule has 1 aliphatic carbocycles. The monoisotopic (exact) mass is 280 g/mol. The zero-order valence-electron chi connectivity index (χ0n) is 9.49. The molecule has 3 rings (SSSR count). The van der Waals surface area contributed by atoms with Crippen LogP contribution in [0.15, 0.2) is 18.3 Å². The fourth-order valence-electron chi connectivity index (χ4n) is 2.07. The summed E-state index contributed by atoms with van der Waals surface area (Å²) in [6.45, 7) is 0. The molecule has 0 saturated heterocycles. The fraction of sp³-hybridized carbons (Fsp3) is 0.308. The van der Waals surface area contributed by atoms with Crippen molar-refractivity contribution in [1.82, 2.24) is 9.97 Å². The van der Waals surface area contributed by atoms with Crippen LogP contribution in [0.3, 0.4) is 0 Å². The normalized spacial score (nSPS) is 15.7. The summed E-state index contributed by atoms with van der Waals surface area (Å²) in [7, 11) is 0. The highest BCUT2D eigenvalue weighted by atomic mass is 35.5. The lowest BCUT2D eigenvalue weighted by Crippen LogP contribution is -2.22. The summed E-state index contributed by atoms with van der Waals surface area (Å²) in [5.41, 5.74) is 1.60. The van der Waals surface area contributed by atoms with Crippen molar-refractivity contribution < 1.29 is 4.79 Å². The van der Waals surface area contributed by atoms with E-state index in [1.54, 1.807) is 18.3 Å². The third-order valence-corrected chi connectivity index (χ3v) is 3.95. The molecule has 2 aromatic heterocycles. The Bertz CT molecular complexity index is 638. The number of hydrogen-bond acceptors (Lipinski definition) is 3. The number of aromatic nitrogens is 2. The molecule has 0 radical (unpaired) electrons. The van der Waals surface area contributed by atoms with Gasteiger partial charge < -0.3 is 0 Å². The molecule has 0 amide bonds. The van der Waals surface area contributed by atoms with E-state index >= 15 is 0 Å². The number of hydrogen-bond donors (Lipinski definition) is 0. The first kappa shape index (κ1) is 11.9. The maximum atomic E-state index is 12.2. The van der Waals surface area contributed by atoms with Gasteiger partial charge in [-0.3, -0.25) is 9.78 Å². The Morgan fingerprint density at radius 3 is 2.72 bits per heavy atom. The van der Waals surface area contributed by atoms with Gasteiger partial charge in [-0.25, -0.2) is 4.98 Å². The molecule has 0 spiro atoms. The number of Topliss-reactive ketones (excluding diaryl/α,β-unsaturated/α-hetero) is 1. The Morgan fingerprint density at radius 2 is 2.06 bits per heavy atom. The predicted molar refractivity (Wildman–Crippen MR) is 71.2 cm³/mol. The fourth-order valence-corrected chi connectivity index (χ4v) is 2.50. The summed E-state index contributed by atoms with van der Waals surface area (Å²) in [5.74, 6) is 0.170. The van der Waals surface area contributed by atoms with Crippen molar-refractivity contribution in [2.24, 2.45) is 5.92 Å². The van der Waals surface area contributed by atoms with Gasteiger partial charge in [0.05, 0.1) is 16.1 Å². The van der Waals surface area contributed by atoms with Gasteiger partial charge in [0.15, 0.2) is 5.78 Å². The molecule has 0 aliphatic heterocycles. The standard InChI is InChI=1S/C13H10Cl2N2O/c14-10-5-4-9-12(17-10)11(15)8(6-16-9)13(18)7-2-1-3-7/h4-7H,1-3H2. The molecular formula is C13H10Cl2N2O. The van der Waals surface area contributed by atoms with Gasteiger partial charge in [0.25, 0.3) is 0 Å². The van der Waals surface area contributed by atoms with Crippen LogP contribution in [-0.2, 0) is 0 Å².